The third-order valence-electron chi connectivity index (χ3n) is 5.38. The SMILES string of the molecule is C[C@@H](c1ccc(-c2cn(C3Cc4ccccc4C3)nn2)cc1)N(C)C. The highest BCUT2D eigenvalue weighted by molar-refractivity contribution is 5.58. The van der Waals surface area contributed by atoms with Crippen LogP contribution in [0.3, 0.4) is 0 Å². The van der Waals surface area contributed by atoms with Crippen LogP contribution >= 0.6 is 0 Å². The maximum Gasteiger partial charge on any atom is 0.113 e. The molecule has 25 heavy (non-hydrogen) atoms. The second kappa shape index (κ2) is 6.45. The molecule has 128 valence electrons. The van der Waals surface area contributed by atoms with Crippen LogP contribution in [0.15, 0.2) is 54.7 Å². The minimum atomic E-state index is 0.381. The highest BCUT2D eigenvalue weighted by atomic mass is 15.4. The zero-order chi connectivity index (χ0) is 17.4. The number of hydrogen-bond donors (Lipinski definition) is 0. The Hall–Kier alpha value is -2.46. The van der Waals surface area contributed by atoms with Gasteiger partial charge in [-0.3, -0.25) is 0 Å². The van der Waals surface area contributed by atoms with Crippen LogP contribution in [0.2, 0.25) is 0 Å². The minimum absolute atomic E-state index is 0.381. The predicted octanol–water partition coefficient (Wildman–Crippen LogP) is 3.91. The molecule has 0 unspecified atom stereocenters. The van der Waals surface area contributed by atoms with E-state index in [9.17, 15) is 0 Å². The van der Waals surface area contributed by atoms with E-state index in [1.807, 2.05) is 4.68 Å². The summed E-state index contributed by atoms with van der Waals surface area (Å²) in [4.78, 5) is 2.21. The Balaban J connectivity index is 1.52. The van der Waals surface area contributed by atoms with Gasteiger partial charge in [0, 0.05) is 11.6 Å². The average molecular weight is 332 g/mol. The van der Waals surface area contributed by atoms with Crippen LogP contribution in [-0.2, 0) is 12.8 Å². The molecule has 3 aromatic rings. The first-order valence-electron chi connectivity index (χ1n) is 8.87. The summed E-state index contributed by atoms with van der Waals surface area (Å²) in [5, 5.41) is 8.81. The summed E-state index contributed by atoms with van der Waals surface area (Å²) in [5.41, 5.74) is 6.25. The minimum Gasteiger partial charge on any atom is -0.303 e. The molecular weight excluding hydrogens is 308 g/mol. The second-order valence-electron chi connectivity index (χ2n) is 7.18. The lowest BCUT2D eigenvalue weighted by molar-refractivity contribution is 0.321. The van der Waals surface area contributed by atoms with Crippen LogP contribution in [0.5, 0.6) is 0 Å². The zero-order valence-electron chi connectivity index (χ0n) is 15.1. The fraction of sp³-hybridized carbons (Fsp3) is 0.333. The number of fused-ring (bicyclic) bond motifs is 1. The Morgan fingerprint density at radius 2 is 1.64 bits per heavy atom. The van der Waals surface area contributed by atoms with Gasteiger partial charge in [0.05, 0.1) is 12.2 Å². The van der Waals surface area contributed by atoms with Crippen molar-refractivity contribution in [3.63, 3.8) is 0 Å². The maximum absolute atomic E-state index is 4.41. The topological polar surface area (TPSA) is 34.0 Å². The molecule has 0 fully saturated rings. The van der Waals surface area contributed by atoms with Crippen molar-refractivity contribution in [3.8, 4) is 11.3 Å². The largest absolute Gasteiger partial charge is 0.303 e. The summed E-state index contributed by atoms with van der Waals surface area (Å²) < 4.78 is 2.03. The van der Waals surface area contributed by atoms with Gasteiger partial charge >= 0.3 is 0 Å². The summed E-state index contributed by atoms with van der Waals surface area (Å²) in [5.74, 6) is 0. The number of aromatic nitrogens is 3. The fourth-order valence-corrected chi connectivity index (χ4v) is 3.54. The summed E-state index contributed by atoms with van der Waals surface area (Å²) in [7, 11) is 4.20. The molecule has 1 atom stereocenters. The van der Waals surface area contributed by atoms with Gasteiger partial charge in [-0.25, -0.2) is 4.68 Å². The molecule has 0 radical (unpaired) electrons. The molecule has 1 heterocycles. The van der Waals surface area contributed by atoms with Gasteiger partial charge in [-0.1, -0.05) is 53.7 Å². The van der Waals surface area contributed by atoms with Crippen molar-refractivity contribution < 1.29 is 0 Å². The first kappa shape index (κ1) is 16.0. The Morgan fingerprint density at radius 3 is 2.24 bits per heavy atom. The first-order chi connectivity index (χ1) is 12.1. The predicted molar refractivity (Wildman–Crippen MR) is 100 cm³/mol. The van der Waals surface area contributed by atoms with Gasteiger partial charge in [0.25, 0.3) is 0 Å². The van der Waals surface area contributed by atoms with Crippen molar-refractivity contribution in [1.29, 1.82) is 0 Å². The van der Waals surface area contributed by atoms with Crippen molar-refractivity contribution >= 4 is 0 Å². The highest BCUT2D eigenvalue weighted by Crippen LogP contribution is 2.30. The van der Waals surface area contributed by atoms with Gasteiger partial charge in [-0.15, -0.1) is 5.10 Å². The Labute approximate surface area is 149 Å². The van der Waals surface area contributed by atoms with Crippen LogP contribution in [-0.4, -0.2) is 34.0 Å². The lowest BCUT2D eigenvalue weighted by Crippen LogP contribution is -2.16. The van der Waals surface area contributed by atoms with E-state index >= 15 is 0 Å². The molecule has 0 saturated carbocycles. The standard InChI is InChI=1S/C21H24N4/c1-15(24(2)3)16-8-10-17(11-9-16)21-14-25(23-22-21)20-12-18-6-4-5-7-19(18)13-20/h4-11,14-15,20H,12-13H2,1-3H3/t15-/m0/s1. The maximum atomic E-state index is 4.41. The monoisotopic (exact) mass is 332 g/mol. The van der Waals surface area contributed by atoms with E-state index in [1.54, 1.807) is 0 Å². The van der Waals surface area contributed by atoms with Gasteiger partial charge < -0.3 is 4.90 Å². The smallest absolute Gasteiger partial charge is 0.113 e. The lowest BCUT2D eigenvalue weighted by atomic mass is 10.0. The average Bonchev–Trinajstić information content (AvgIpc) is 3.27. The van der Waals surface area contributed by atoms with Crippen molar-refractivity contribution in [2.75, 3.05) is 14.1 Å². The van der Waals surface area contributed by atoms with Crippen molar-refractivity contribution in [2.24, 2.45) is 0 Å². The van der Waals surface area contributed by atoms with Crippen molar-refractivity contribution in [1.82, 2.24) is 19.9 Å². The van der Waals surface area contributed by atoms with E-state index in [2.05, 4.69) is 91.0 Å². The third kappa shape index (κ3) is 3.10. The molecule has 4 heteroatoms. The Morgan fingerprint density at radius 1 is 1.00 bits per heavy atom. The molecule has 0 amide bonds. The van der Waals surface area contributed by atoms with Crippen molar-refractivity contribution in [2.45, 2.75) is 31.8 Å². The van der Waals surface area contributed by atoms with Crippen LogP contribution in [0.1, 0.15) is 35.7 Å². The van der Waals surface area contributed by atoms with Gasteiger partial charge in [-0.2, -0.15) is 0 Å². The van der Waals surface area contributed by atoms with Crippen molar-refractivity contribution in [3.05, 3.63) is 71.4 Å². The first-order valence-corrected chi connectivity index (χ1v) is 8.87. The molecule has 0 spiro atoms. The summed E-state index contributed by atoms with van der Waals surface area (Å²) in [6.07, 6.45) is 4.16. The normalized spacial score (nSPS) is 15.5. The van der Waals surface area contributed by atoms with E-state index < -0.39 is 0 Å². The molecule has 0 saturated heterocycles. The molecule has 0 aliphatic heterocycles. The molecular formula is C21H24N4. The highest BCUT2D eigenvalue weighted by Gasteiger charge is 2.23. The van der Waals surface area contributed by atoms with E-state index in [0.29, 0.717) is 12.1 Å². The summed E-state index contributed by atoms with van der Waals surface area (Å²) >= 11 is 0. The van der Waals surface area contributed by atoms with Gasteiger partial charge in [0.1, 0.15) is 5.69 Å². The molecule has 2 aromatic carbocycles. The van der Waals surface area contributed by atoms with E-state index in [4.69, 9.17) is 0 Å². The van der Waals surface area contributed by atoms with E-state index in [0.717, 1.165) is 24.1 Å². The summed E-state index contributed by atoms with van der Waals surface area (Å²) in [6, 6.07) is 18.1. The zero-order valence-corrected chi connectivity index (χ0v) is 15.1. The van der Waals surface area contributed by atoms with E-state index in [1.165, 1.54) is 16.7 Å². The number of nitrogens with zero attached hydrogens (tertiary/aromatic N) is 4. The van der Waals surface area contributed by atoms with Gasteiger partial charge in [0.2, 0.25) is 0 Å². The van der Waals surface area contributed by atoms with Crippen LogP contribution in [0.4, 0.5) is 0 Å². The van der Waals surface area contributed by atoms with Crippen LogP contribution in [0.25, 0.3) is 11.3 Å². The third-order valence-corrected chi connectivity index (χ3v) is 5.38. The molecule has 1 aliphatic carbocycles. The molecule has 0 bridgehead atoms. The Bertz CT molecular complexity index is 839. The van der Waals surface area contributed by atoms with Crippen LogP contribution in [0, 0.1) is 0 Å². The molecule has 1 aromatic heterocycles. The molecule has 1 aliphatic rings. The number of rotatable bonds is 4. The molecule has 0 N–H and O–H groups in total. The molecule has 4 nitrogen and oxygen atoms in total. The van der Waals surface area contributed by atoms with Gasteiger partial charge in [0.15, 0.2) is 0 Å². The van der Waals surface area contributed by atoms with Gasteiger partial charge in [-0.05, 0) is 50.6 Å². The number of hydrogen-bond acceptors (Lipinski definition) is 3. The fourth-order valence-electron chi connectivity index (χ4n) is 3.54. The van der Waals surface area contributed by atoms with E-state index in [-0.39, 0.29) is 0 Å². The number of benzene rings is 2. The summed E-state index contributed by atoms with van der Waals surface area (Å²) in [6.45, 7) is 2.21. The Kier molecular flexibility index (Phi) is 4.14. The molecule has 4 rings (SSSR count). The van der Waals surface area contributed by atoms with Crippen LogP contribution < -0.4 is 0 Å². The second-order valence-corrected chi connectivity index (χ2v) is 7.18. The quantitative estimate of drug-likeness (QED) is 0.726. The lowest BCUT2D eigenvalue weighted by Gasteiger charge is -2.20.